The third-order valence-corrected chi connectivity index (χ3v) is 4.55. The predicted octanol–water partition coefficient (Wildman–Crippen LogP) is 2.73. The normalized spacial score (nSPS) is 26.4. The standard InChI is InChI=1S/C16H24N2O/c1-4-12-7-9-13(10-8-12)18(3)15(19)16(2)11-5-6-14(16)17/h7-10,14H,4-6,11,17H2,1-3H3. The van der Waals surface area contributed by atoms with Gasteiger partial charge in [-0.3, -0.25) is 4.79 Å². The topological polar surface area (TPSA) is 46.3 Å². The van der Waals surface area contributed by atoms with Crippen molar-refractivity contribution in [2.45, 2.75) is 45.6 Å². The summed E-state index contributed by atoms with van der Waals surface area (Å²) in [6, 6.07) is 8.17. The SMILES string of the molecule is CCc1ccc(N(C)C(=O)C2(C)CCCC2N)cc1. The second kappa shape index (κ2) is 5.33. The van der Waals surface area contributed by atoms with E-state index in [2.05, 4.69) is 19.1 Å². The Morgan fingerprint density at radius 2 is 2.05 bits per heavy atom. The fraction of sp³-hybridized carbons (Fsp3) is 0.562. The molecule has 3 nitrogen and oxygen atoms in total. The van der Waals surface area contributed by atoms with Crippen LogP contribution in [0, 0.1) is 5.41 Å². The Morgan fingerprint density at radius 1 is 1.42 bits per heavy atom. The molecule has 0 saturated heterocycles. The third kappa shape index (κ3) is 2.52. The molecule has 1 aliphatic carbocycles. The van der Waals surface area contributed by atoms with Crippen LogP contribution in [0.5, 0.6) is 0 Å². The smallest absolute Gasteiger partial charge is 0.234 e. The molecule has 0 bridgehead atoms. The Kier molecular flexibility index (Phi) is 3.95. The maximum atomic E-state index is 12.7. The van der Waals surface area contributed by atoms with Gasteiger partial charge in [-0.1, -0.05) is 25.5 Å². The molecule has 104 valence electrons. The van der Waals surface area contributed by atoms with Crippen molar-refractivity contribution in [1.29, 1.82) is 0 Å². The van der Waals surface area contributed by atoms with Gasteiger partial charge in [-0.25, -0.2) is 0 Å². The van der Waals surface area contributed by atoms with Crippen molar-refractivity contribution in [3.63, 3.8) is 0 Å². The molecule has 0 aromatic heterocycles. The fourth-order valence-electron chi connectivity index (χ4n) is 2.91. The largest absolute Gasteiger partial charge is 0.327 e. The van der Waals surface area contributed by atoms with Crippen LogP contribution >= 0.6 is 0 Å². The van der Waals surface area contributed by atoms with Crippen molar-refractivity contribution in [1.82, 2.24) is 0 Å². The van der Waals surface area contributed by atoms with Crippen LogP contribution in [-0.2, 0) is 11.2 Å². The van der Waals surface area contributed by atoms with E-state index in [4.69, 9.17) is 5.73 Å². The average molecular weight is 260 g/mol. The molecule has 0 aliphatic heterocycles. The molecular formula is C16H24N2O. The first-order valence-electron chi connectivity index (χ1n) is 7.11. The number of hydrogen-bond donors (Lipinski definition) is 1. The summed E-state index contributed by atoms with van der Waals surface area (Å²) in [5.41, 5.74) is 7.96. The maximum absolute atomic E-state index is 12.7. The molecule has 2 rings (SSSR count). The van der Waals surface area contributed by atoms with Gasteiger partial charge in [0.1, 0.15) is 0 Å². The zero-order chi connectivity index (χ0) is 14.0. The first-order valence-corrected chi connectivity index (χ1v) is 7.11. The summed E-state index contributed by atoms with van der Waals surface area (Å²) in [5, 5.41) is 0. The minimum atomic E-state index is -0.405. The Balaban J connectivity index is 2.18. The molecule has 0 heterocycles. The second-order valence-electron chi connectivity index (χ2n) is 5.80. The van der Waals surface area contributed by atoms with Crippen LogP contribution in [0.3, 0.4) is 0 Å². The number of hydrogen-bond acceptors (Lipinski definition) is 2. The van der Waals surface area contributed by atoms with Crippen molar-refractivity contribution in [3.8, 4) is 0 Å². The summed E-state index contributed by atoms with van der Waals surface area (Å²) < 4.78 is 0. The van der Waals surface area contributed by atoms with Gasteiger partial charge in [-0.05, 0) is 43.9 Å². The number of rotatable bonds is 3. The van der Waals surface area contributed by atoms with Gasteiger partial charge in [0.05, 0.1) is 5.41 Å². The number of amides is 1. The lowest BCUT2D eigenvalue weighted by atomic mass is 9.83. The van der Waals surface area contributed by atoms with Crippen LogP contribution in [0.1, 0.15) is 38.7 Å². The molecule has 1 aromatic carbocycles. The number of nitrogens with zero attached hydrogens (tertiary/aromatic N) is 1. The summed E-state index contributed by atoms with van der Waals surface area (Å²) in [6.07, 6.45) is 3.90. The zero-order valence-electron chi connectivity index (χ0n) is 12.1. The molecule has 2 N–H and O–H groups in total. The van der Waals surface area contributed by atoms with Gasteiger partial charge in [0.15, 0.2) is 0 Å². The summed E-state index contributed by atoms with van der Waals surface area (Å²) in [4.78, 5) is 14.4. The maximum Gasteiger partial charge on any atom is 0.234 e. The molecule has 1 amide bonds. The van der Waals surface area contributed by atoms with Crippen molar-refractivity contribution in [3.05, 3.63) is 29.8 Å². The number of anilines is 1. The molecule has 19 heavy (non-hydrogen) atoms. The molecule has 2 atom stereocenters. The molecule has 1 aromatic rings. The van der Waals surface area contributed by atoms with E-state index in [9.17, 15) is 4.79 Å². The van der Waals surface area contributed by atoms with E-state index in [0.29, 0.717) is 0 Å². The summed E-state index contributed by atoms with van der Waals surface area (Å²) in [5.74, 6) is 0.141. The van der Waals surface area contributed by atoms with Gasteiger partial charge in [0.2, 0.25) is 5.91 Å². The Bertz CT molecular complexity index is 454. The lowest BCUT2D eigenvalue weighted by Gasteiger charge is -2.32. The van der Waals surface area contributed by atoms with E-state index in [1.165, 1.54) is 5.56 Å². The van der Waals surface area contributed by atoms with Crippen LogP contribution in [0.15, 0.2) is 24.3 Å². The van der Waals surface area contributed by atoms with Crippen LogP contribution in [0.2, 0.25) is 0 Å². The molecule has 0 radical (unpaired) electrons. The fourth-order valence-corrected chi connectivity index (χ4v) is 2.91. The summed E-state index contributed by atoms with van der Waals surface area (Å²) >= 11 is 0. The molecule has 1 aliphatic rings. The highest BCUT2D eigenvalue weighted by Crippen LogP contribution is 2.39. The Morgan fingerprint density at radius 3 is 2.53 bits per heavy atom. The van der Waals surface area contributed by atoms with Gasteiger partial charge in [0.25, 0.3) is 0 Å². The summed E-state index contributed by atoms with van der Waals surface area (Å²) in [6.45, 7) is 4.13. The Hall–Kier alpha value is -1.35. The van der Waals surface area contributed by atoms with Crippen molar-refractivity contribution in [2.75, 3.05) is 11.9 Å². The predicted molar refractivity (Wildman–Crippen MR) is 79.2 cm³/mol. The summed E-state index contributed by atoms with van der Waals surface area (Å²) in [7, 11) is 1.85. The molecule has 3 heteroatoms. The average Bonchev–Trinajstić information content (AvgIpc) is 2.78. The lowest BCUT2D eigenvalue weighted by molar-refractivity contribution is -0.127. The third-order valence-electron chi connectivity index (χ3n) is 4.55. The van der Waals surface area contributed by atoms with Crippen LogP contribution in [0.4, 0.5) is 5.69 Å². The van der Waals surface area contributed by atoms with Crippen LogP contribution in [0.25, 0.3) is 0 Å². The molecule has 2 unspecified atom stereocenters. The van der Waals surface area contributed by atoms with Crippen molar-refractivity contribution >= 4 is 11.6 Å². The van der Waals surface area contributed by atoms with E-state index in [1.54, 1.807) is 4.90 Å². The number of aryl methyl sites for hydroxylation is 1. The van der Waals surface area contributed by atoms with Crippen LogP contribution < -0.4 is 10.6 Å². The highest BCUT2D eigenvalue weighted by Gasteiger charge is 2.44. The van der Waals surface area contributed by atoms with E-state index >= 15 is 0 Å². The van der Waals surface area contributed by atoms with Crippen molar-refractivity contribution in [2.24, 2.45) is 11.1 Å². The highest BCUT2D eigenvalue weighted by atomic mass is 16.2. The van der Waals surface area contributed by atoms with E-state index in [1.807, 2.05) is 26.1 Å². The number of carbonyl (C=O) groups is 1. The van der Waals surface area contributed by atoms with E-state index in [-0.39, 0.29) is 11.9 Å². The number of nitrogens with two attached hydrogens (primary N) is 1. The van der Waals surface area contributed by atoms with E-state index < -0.39 is 5.41 Å². The molecule has 1 saturated carbocycles. The minimum absolute atomic E-state index is 0.0163. The first-order chi connectivity index (χ1) is 8.99. The minimum Gasteiger partial charge on any atom is -0.327 e. The second-order valence-corrected chi connectivity index (χ2v) is 5.80. The lowest BCUT2D eigenvalue weighted by Crippen LogP contribution is -2.48. The van der Waals surface area contributed by atoms with Crippen LogP contribution in [-0.4, -0.2) is 19.0 Å². The highest BCUT2D eigenvalue weighted by molar-refractivity contribution is 5.97. The molecular weight excluding hydrogens is 236 g/mol. The molecule has 0 spiro atoms. The van der Waals surface area contributed by atoms with Crippen molar-refractivity contribution < 1.29 is 4.79 Å². The van der Waals surface area contributed by atoms with Gasteiger partial charge in [0, 0.05) is 18.8 Å². The quantitative estimate of drug-likeness (QED) is 0.908. The number of carbonyl (C=O) groups excluding carboxylic acids is 1. The van der Waals surface area contributed by atoms with Gasteiger partial charge >= 0.3 is 0 Å². The van der Waals surface area contributed by atoms with Gasteiger partial charge in [-0.15, -0.1) is 0 Å². The zero-order valence-corrected chi connectivity index (χ0v) is 12.1. The van der Waals surface area contributed by atoms with E-state index in [0.717, 1.165) is 31.4 Å². The Labute approximate surface area is 115 Å². The number of benzene rings is 1. The monoisotopic (exact) mass is 260 g/mol. The van der Waals surface area contributed by atoms with Gasteiger partial charge < -0.3 is 10.6 Å². The first kappa shape index (κ1) is 14.1. The van der Waals surface area contributed by atoms with Gasteiger partial charge in [-0.2, -0.15) is 0 Å². The molecule has 1 fully saturated rings.